The molecule has 6 heteroatoms. The summed E-state index contributed by atoms with van der Waals surface area (Å²) >= 11 is 1.62. The number of anilines is 1. The Labute approximate surface area is 132 Å². The summed E-state index contributed by atoms with van der Waals surface area (Å²) in [6.45, 7) is 1.86. The summed E-state index contributed by atoms with van der Waals surface area (Å²) in [5, 5.41) is 6.44. The predicted octanol–water partition coefficient (Wildman–Crippen LogP) is 3.33. The molecule has 0 amide bonds. The lowest BCUT2D eigenvalue weighted by Crippen LogP contribution is -2.05. The standard InChI is InChI=1S/C16H17N3O2S/c1-20-7-8-21-13-4-2-12(3-5-13)10-17-15-14-6-9-22-16(14)19-11-18-15/h2-6,9,11H,7-8,10H2,1H3,(H,17,18,19). The fourth-order valence-corrected chi connectivity index (χ4v) is 2.80. The lowest BCUT2D eigenvalue weighted by atomic mass is 10.2. The lowest BCUT2D eigenvalue weighted by molar-refractivity contribution is 0.146. The highest BCUT2D eigenvalue weighted by Gasteiger charge is 2.04. The number of nitrogens with one attached hydrogen (secondary N) is 1. The van der Waals surface area contributed by atoms with Crippen molar-refractivity contribution in [1.29, 1.82) is 0 Å². The van der Waals surface area contributed by atoms with Gasteiger partial charge in [0.2, 0.25) is 0 Å². The van der Waals surface area contributed by atoms with E-state index in [2.05, 4.69) is 15.3 Å². The highest BCUT2D eigenvalue weighted by Crippen LogP contribution is 2.24. The molecule has 2 heterocycles. The number of rotatable bonds is 7. The summed E-state index contributed by atoms with van der Waals surface area (Å²) in [7, 11) is 1.66. The summed E-state index contributed by atoms with van der Waals surface area (Å²) in [4.78, 5) is 9.55. The van der Waals surface area contributed by atoms with Crippen LogP contribution in [0.4, 0.5) is 5.82 Å². The van der Waals surface area contributed by atoms with Gasteiger partial charge >= 0.3 is 0 Å². The molecule has 5 nitrogen and oxygen atoms in total. The van der Waals surface area contributed by atoms with Gasteiger partial charge in [0, 0.05) is 13.7 Å². The number of benzene rings is 1. The Balaban J connectivity index is 1.60. The molecular formula is C16H17N3O2S. The Morgan fingerprint density at radius 1 is 1.09 bits per heavy atom. The van der Waals surface area contributed by atoms with Gasteiger partial charge in [-0.15, -0.1) is 11.3 Å². The molecule has 0 aliphatic carbocycles. The molecule has 0 saturated carbocycles. The third kappa shape index (κ3) is 3.52. The molecule has 3 rings (SSSR count). The van der Waals surface area contributed by atoms with Crippen molar-refractivity contribution >= 4 is 27.4 Å². The molecule has 1 aromatic carbocycles. The van der Waals surface area contributed by atoms with E-state index in [4.69, 9.17) is 9.47 Å². The van der Waals surface area contributed by atoms with Gasteiger partial charge in [-0.1, -0.05) is 12.1 Å². The van der Waals surface area contributed by atoms with Crippen LogP contribution >= 0.6 is 11.3 Å². The average Bonchev–Trinajstić information content (AvgIpc) is 3.03. The molecule has 0 radical (unpaired) electrons. The van der Waals surface area contributed by atoms with Gasteiger partial charge in [0.1, 0.15) is 29.3 Å². The summed E-state index contributed by atoms with van der Waals surface area (Å²) in [5.41, 5.74) is 1.17. The molecular weight excluding hydrogens is 298 g/mol. The SMILES string of the molecule is COCCOc1ccc(CNc2ncnc3sccc23)cc1. The fraction of sp³-hybridized carbons (Fsp3) is 0.250. The maximum Gasteiger partial charge on any atom is 0.138 e. The van der Waals surface area contributed by atoms with Crippen molar-refractivity contribution in [2.45, 2.75) is 6.54 Å². The maximum atomic E-state index is 5.55. The molecule has 0 fully saturated rings. The zero-order chi connectivity index (χ0) is 15.2. The normalized spacial score (nSPS) is 10.8. The van der Waals surface area contributed by atoms with E-state index in [-0.39, 0.29) is 0 Å². The first-order valence-corrected chi connectivity index (χ1v) is 7.87. The second-order valence-electron chi connectivity index (χ2n) is 4.70. The van der Waals surface area contributed by atoms with Crippen molar-refractivity contribution in [3.63, 3.8) is 0 Å². The molecule has 0 aliphatic heterocycles. The first-order chi connectivity index (χ1) is 10.9. The number of aromatic nitrogens is 2. The highest BCUT2D eigenvalue weighted by molar-refractivity contribution is 7.16. The van der Waals surface area contributed by atoms with Crippen LogP contribution in [0.5, 0.6) is 5.75 Å². The van der Waals surface area contributed by atoms with Crippen molar-refractivity contribution in [1.82, 2.24) is 9.97 Å². The first kappa shape index (κ1) is 14.7. The van der Waals surface area contributed by atoms with Crippen molar-refractivity contribution in [2.24, 2.45) is 0 Å². The van der Waals surface area contributed by atoms with Crippen molar-refractivity contribution in [2.75, 3.05) is 25.6 Å². The minimum absolute atomic E-state index is 0.561. The molecule has 22 heavy (non-hydrogen) atoms. The van der Waals surface area contributed by atoms with Crippen LogP contribution in [0, 0.1) is 0 Å². The topological polar surface area (TPSA) is 56.3 Å². The monoisotopic (exact) mass is 315 g/mol. The molecule has 0 atom stereocenters. The van der Waals surface area contributed by atoms with Crippen molar-refractivity contribution < 1.29 is 9.47 Å². The van der Waals surface area contributed by atoms with Crippen LogP contribution in [-0.4, -0.2) is 30.3 Å². The van der Waals surface area contributed by atoms with Gasteiger partial charge in [0.25, 0.3) is 0 Å². The smallest absolute Gasteiger partial charge is 0.138 e. The summed E-state index contributed by atoms with van der Waals surface area (Å²) in [6, 6.07) is 10.1. The van der Waals surface area contributed by atoms with E-state index >= 15 is 0 Å². The van der Waals surface area contributed by atoms with Crippen LogP contribution in [0.25, 0.3) is 10.2 Å². The largest absolute Gasteiger partial charge is 0.491 e. The van der Waals surface area contributed by atoms with E-state index in [9.17, 15) is 0 Å². The Hall–Kier alpha value is -2.18. The predicted molar refractivity (Wildman–Crippen MR) is 88.6 cm³/mol. The van der Waals surface area contributed by atoms with Gasteiger partial charge in [-0.25, -0.2) is 9.97 Å². The average molecular weight is 315 g/mol. The number of hydrogen-bond acceptors (Lipinski definition) is 6. The maximum absolute atomic E-state index is 5.55. The molecule has 0 saturated heterocycles. The molecule has 3 aromatic rings. The summed E-state index contributed by atoms with van der Waals surface area (Å²) in [5.74, 6) is 1.72. The zero-order valence-corrected chi connectivity index (χ0v) is 13.1. The van der Waals surface area contributed by atoms with Gasteiger partial charge in [-0.2, -0.15) is 0 Å². The second kappa shape index (κ2) is 7.20. The number of fused-ring (bicyclic) bond motifs is 1. The van der Waals surface area contributed by atoms with Gasteiger partial charge in [-0.05, 0) is 29.1 Å². The van der Waals surface area contributed by atoms with Gasteiger partial charge < -0.3 is 14.8 Å². The van der Waals surface area contributed by atoms with Crippen molar-refractivity contribution in [3.8, 4) is 5.75 Å². The number of methoxy groups -OCH3 is 1. The van der Waals surface area contributed by atoms with Crippen LogP contribution in [-0.2, 0) is 11.3 Å². The molecule has 0 spiro atoms. The quantitative estimate of drug-likeness (QED) is 0.678. The van der Waals surface area contributed by atoms with Gasteiger partial charge in [0.15, 0.2) is 0 Å². The minimum Gasteiger partial charge on any atom is -0.491 e. The minimum atomic E-state index is 0.561. The van der Waals surface area contributed by atoms with Crippen LogP contribution < -0.4 is 10.1 Å². The van der Waals surface area contributed by atoms with E-state index in [1.807, 2.05) is 35.7 Å². The molecule has 0 aliphatic rings. The van der Waals surface area contributed by atoms with E-state index < -0.39 is 0 Å². The molecule has 1 N–H and O–H groups in total. The number of hydrogen-bond donors (Lipinski definition) is 1. The zero-order valence-electron chi connectivity index (χ0n) is 12.3. The van der Waals surface area contributed by atoms with Gasteiger partial charge in [0.05, 0.1) is 12.0 Å². The number of nitrogens with zero attached hydrogens (tertiary/aromatic N) is 2. The van der Waals surface area contributed by atoms with E-state index in [0.717, 1.165) is 21.8 Å². The third-order valence-corrected chi connectivity index (χ3v) is 4.02. The summed E-state index contributed by atoms with van der Waals surface area (Å²) < 4.78 is 10.5. The van der Waals surface area contributed by atoms with Crippen LogP contribution in [0.15, 0.2) is 42.0 Å². The second-order valence-corrected chi connectivity index (χ2v) is 5.60. The summed E-state index contributed by atoms with van der Waals surface area (Å²) in [6.07, 6.45) is 1.59. The van der Waals surface area contributed by atoms with Crippen molar-refractivity contribution in [3.05, 3.63) is 47.6 Å². The Bertz CT molecular complexity index is 728. The molecule has 0 bridgehead atoms. The van der Waals surface area contributed by atoms with Gasteiger partial charge in [-0.3, -0.25) is 0 Å². The first-order valence-electron chi connectivity index (χ1n) is 6.99. The molecule has 114 valence electrons. The van der Waals surface area contributed by atoms with Crippen LogP contribution in [0.1, 0.15) is 5.56 Å². The molecule has 2 aromatic heterocycles. The lowest BCUT2D eigenvalue weighted by Gasteiger charge is -2.08. The van der Waals surface area contributed by atoms with E-state index in [0.29, 0.717) is 19.8 Å². The fourth-order valence-electron chi connectivity index (χ4n) is 2.06. The Morgan fingerprint density at radius 3 is 2.77 bits per heavy atom. The Kier molecular flexibility index (Phi) is 4.82. The Morgan fingerprint density at radius 2 is 1.95 bits per heavy atom. The van der Waals surface area contributed by atoms with E-state index in [1.165, 1.54) is 5.56 Å². The third-order valence-electron chi connectivity index (χ3n) is 3.20. The van der Waals surface area contributed by atoms with Crippen LogP contribution in [0.3, 0.4) is 0 Å². The van der Waals surface area contributed by atoms with Crippen LogP contribution in [0.2, 0.25) is 0 Å². The van der Waals surface area contributed by atoms with E-state index in [1.54, 1.807) is 24.8 Å². The highest BCUT2D eigenvalue weighted by atomic mass is 32.1. The molecule has 0 unspecified atom stereocenters. The number of ether oxygens (including phenoxy) is 2. The number of thiophene rings is 1.